The van der Waals surface area contributed by atoms with Gasteiger partial charge in [0.1, 0.15) is 0 Å². The lowest BCUT2D eigenvalue weighted by Crippen LogP contribution is -2.22. The first kappa shape index (κ1) is 48.3. The highest BCUT2D eigenvalue weighted by molar-refractivity contribution is 6.03. The van der Waals surface area contributed by atoms with Crippen molar-refractivity contribution in [3.63, 3.8) is 0 Å². The summed E-state index contributed by atoms with van der Waals surface area (Å²) in [7, 11) is 0. The summed E-state index contributed by atoms with van der Waals surface area (Å²) < 4.78 is 191. The lowest BCUT2D eigenvalue weighted by molar-refractivity contribution is -0.140. The first-order chi connectivity index (χ1) is 27.8. The standard InChI is InChI=1S/C50H50F12/c1-43(2,3)29-21-27(22-30(25-29)44(4,5)6)37-39(33-17-13-15-19-35(33)47(51,52)53)42(50(60,61)62)38(28-23-31(45(7,8)9)26-32(24-28)46(10,11)12)40(41(37)49(57,58)59)34-18-14-16-20-36(34)48(54,55)56/h13-26H,1-12H3. The van der Waals surface area contributed by atoms with Gasteiger partial charge in [0, 0.05) is 22.3 Å². The lowest BCUT2D eigenvalue weighted by atomic mass is 9.72. The SMILES string of the molecule is CC(C)(C)c1cc(-c2c(-c3ccccc3C(F)(F)F)c(C(F)(F)F)c(-c3cc(C(C)(C)C)cc(C(C)(C)C)c3)c(-c3ccccc3C(F)(F)F)c2C(F)(F)F)cc(C(C)(C)C)c1. The quantitative estimate of drug-likeness (QED) is 0.158. The van der Waals surface area contributed by atoms with E-state index in [0.29, 0.717) is 46.5 Å². The number of rotatable bonds is 4. The maximum absolute atomic E-state index is 16.7. The molecule has 0 saturated carbocycles. The average Bonchev–Trinajstić information content (AvgIpc) is 3.10. The maximum Gasteiger partial charge on any atom is 0.417 e. The van der Waals surface area contributed by atoms with Gasteiger partial charge in [-0.1, -0.05) is 156 Å². The largest absolute Gasteiger partial charge is 0.417 e. The van der Waals surface area contributed by atoms with Crippen LogP contribution in [0.1, 0.15) is 128 Å². The highest BCUT2D eigenvalue weighted by Crippen LogP contribution is 2.60. The van der Waals surface area contributed by atoms with E-state index >= 15 is 52.7 Å². The van der Waals surface area contributed by atoms with Crippen molar-refractivity contribution in [2.75, 3.05) is 0 Å². The summed E-state index contributed by atoms with van der Waals surface area (Å²) in [5, 5.41) is 0. The fraction of sp³-hybridized carbons (Fsp3) is 0.400. The molecular weight excluding hydrogens is 829 g/mol. The molecule has 0 aliphatic rings. The van der Waals surface area contributed by atoms with Gasteiger partial charge in [-0.2, -0.15) is 52.7 Å². The van der Waals surface area contributed by atoms with E-state index in [9.17, 15) is 0 Å². The highest BCUT2D eigenvalue weighted by Gasteiger charge is 2.50. The van der Waals surface area contributed by atoms with Crippen LogP contribution in [0.25, 0.3) is 44.5 Å². The molecule has 0 heterocycles. The van der Waals surface area contributed by atoms with Crippen molar-refractivity contribution in [3.05, 3.63) is 129 Å². The molecule has 5 aromatic rings. The van der Waals surface area contributed by atoms with Gasteiger partial charge in [-0.05, 0) is 78.3 Å². The molecule has 0 nitrogen and oxygen atoms in total. The Hall–Kier alpha value is -4.74. The Kier molecular flexibility index (Phi) is 12.1. The van der Waals surface area contributed by atoms with Gasteiger partial charge in [-0.15, -0.1) is 0 Å². The Balaban J connectivity index is 2.39. The van der Waals surface area contributed by atoms with Crippen molar-refractivity contribution in [2.24, 2.45) is 0 Å². The van der Waals surface area contributed by atoms with E-state index in [1.807, 2.05) is 0 Å². The molecule has 5 rings (SSSR count). The zero-order chi connectivity index (χ0) is 47.1. The van der Waals surface area contributed by atoms with Crippen LogP contribution in [0.2, 0.25) is 0 Å². The van der Waals surface area contributed by atoms with Crippen LogP contribution in [-0.4, -0.2) is 0 Å². The van der Waals surface area contributed by atoms with Crippen molar-refractivity contribution in [1.29, 1.82) is 0 Å². The summed E-state index contributed by atoms with van der Waals surface area (Å²) in [6.45, 7) is 20.4. The highest BCUT2D eigenvalue weighted by atomic mass is 19.4. The van der Waals surface area contributed by atoms with Crippen LogP contribution in [0.5, 0.6) is 0 Å². The Morgan fingerprint density at radius 1 is 0.290 bits per heavy atom. The van der Waals surface area contributed by atoms with Crippen molar-refractivity contribution in [3.8, 4) is 44.5 Å². The summed E-state index contributed by atoms with van der Waals surface area (Å²) in [5.74, 6) is 0. The third kappa shape index (κ3) is 9.74. The van der Waals surface area contributed by atoms with Gasteiger partial charge in [0.15, 0.2) is 0 Å². The summed E-state index contributed by atoms with van der Waals surface area (Å²) >= 11 is 0. The molecule has 62 heavy (non-hydrogen) atoms. The molecule has 0 spiro atoms. The summed E-state index contributed by atoms with van der Waals surface area (Å²) in [6.07, 6.45) is -22.4. The van der Waals surface area contributed by atoms with Crippen LogP contribution < -0.4 is 0 Å². The number of hydrogen-bond donors (Lipinski definition) is 0. The molecule has 0 bridgehead atoms. The number of hydrogen-bond acceptors (Lipinski definition) is 0. The first-order valence-corrected chi connectivity index (χ1v) is 19.9. The minimum atomic E-state index is -5.78. The predicted molar refractivity (Wildman–Crippen MR) is 223 cm³/mol. The molecule has 334 valence electrons. The van der Waals surface area contributed by atoms with E-state index in [4.69, 9.17) is 0 Å². The van der Waals surface area contributed by atoms with E-state index in [0.717, 1.165) is 24.3 Å². The number of benzene rings is 5. The van der Waals surface area contributed by atoms with Crippen molar-refractivity contribution in [2.45, 2.75) is 129 Å². The summed E-state index contributed by atoms with van der Waals surface area (Å²) in [5.41, 5.74) is -18.6. The Morgan fingerprint density at radius 3 is 0.742 bits per heavy atom. The molecule has 0 saturated heterocycles. The van der Waals surface area contributed by atoms with E-state index in [2.05, 4.69) is 0 Å². The molecule has 12 heteroatoms. The Bertz CT molecular complexity index is 2240. The van der Waals surface area contributed by atoms with Crippen molar-refractivity contribution in [1.82, 2.24) is 0 Å². The zero-order valence-electron chi connectivity index (χ0n) is 36.6. The second-order valence-corrected chi connectivity index (χ2v) is 19.9. The van der Waals surface area contributed by atoms with Crippen LogP contribution in [-0.2, 0) is 46.4 Å². The topological polar surface area (TPSA) is 0 Å². The first-order valence-electron chi connectivity index (χ1n) is 19.9. The molecule has 0 fully saturated rings. The van der Waals surface area contributed by atoms with Crippen LogP contribution in [0.3, 0.4) is 0 Å². The van der Waals surface area contributed by atoms with Gasteiger partial charge in [-0.25, -0.2) is 0 Å². The average molecular weight is 879 g/mol. The number of alkyl halides is 12. The molecule has 0 atom stereocenters. The monoisotopic (exact) mass is 878 g/mol. The molecule has 0 aliphatic carbocycles. The second kappa shape index (κ2) is 15.5. The van der Waals surface area contributed by atoms with Crippen LogP contribution in [0.4, 0.5) is 52.7 Å². The van der Waals surface area contributed by atoms with E-state index < -0.39 is 113 Å². The summed E-state index contributed by atoms with van der Waals surface area (Å²) in [6, 6.07) is 14.2. The van der Waals surface area contributed by atoms with E-state index in [1.54, 1.807) is 95.2 Å². The van der Waals surface area contributed by atoms with Crippen molar-refractivity contribution < 1.29 is 52.7 Å². The Labute approximate surface area is 355 Å². The zero-order valence-corrected chi connectivity index (χ0v) is 36.6. The fourth-order valence-corrected chi connectivity index (χ4v) is 7.61. The van der Waals surface area contributed by atoms with Gasteiger partial charge in [0.25, 0.3) is 0 Å². The van der Waals surface area contributed by atoms with Gasteiger partial charge in [0.05, 0.1) is 22.3 Å². The van der Waals surface area contributed by atoms with Crippen molar-refractivity contribution >= 4 is 0 Å². The minimum Gasteiger partial charge on any atom is -0.166 e. The molecule has 0 N–H and O–H groups in total. The molecule has 0 aromatic heterocycles. The minimum absolute atomic E-state index is 0.325. The fourth-order valence-electron chi connectivity index (χ4n) is 7.61. The maximum atomic E-state index is 16.7. The van der Waals surface area contributed by atoms with Crippen LogP contribution >= 0.6 is 0 Å². The Morgan fingerprint density at radius 2 is 0.532 bits per heavy atom. The van der Waals surface area contributed by atoms with E-state index in [1.165, 1.54) is 24.3 Å². The smallest absolute Gasteiger partial charge is 0.166 e. The molecule has 0 amide bonds. The van der Waals surface area contributed by atoms with Gasteiger partial charge >= 0.3 is 24.7 Å². The van der Waals surface area contributed by atoms with Gasteiger partial charge < -0.3 is 0 Å². The molecule has 0 aliphatic heterocycles. The van der Waals surface area contributed by atoms with Gasteiger partial charge in [0.2, 0.25) is 0 Å². The summed E-state index contributed by atoms with van der Waals surface area (Å²) in [4.78, 5) is 0. The lowest BCUT2D eigenvalue weighted by Gasteiger charge is -2.33. The molecule has 5 aromatic carbocycles. The third-order valence-corrected chi connectivity index (χ3v) is 11.0. The third-order valence-electron chi connectivity index (χ3n) is 11.0. The van der Waals surface area contributed by atoms with Crippen LogP contribution in [0.15, 0.2) is 84.9 Å². The molecule has 0 unspecified atom stereocenters. The normalized spacial score (nSPS) is 13.8. The number of halogens is 12. The van der Waals surface area contributed by atoms with Gasteiger partial charge in [-0.3, -0.25) is 0 Å². The molecule has 0 radical (unpaired) electrons. The van der Waals surface area contributed by atoms with E-state index in [-0.39, 0.29) is 0 Å². The molecular formula is C50H50F12. The van der Waals surface area contributed by atoms with Crippen LogP contribution in [0, 0.1) is 0 Å². The predicted octanol–water partition coefficient (Wildman–Crippen LogP) is 17.6. The second-order valence-electron chi connectivity index (χ2n) is 19.9.